The van der Waals surface area contributed by atoms with Crippen LogP contribution in [0.3, 0.4) is 0 Å². The fourth-order valence-corrected chi connectivity index (χ4v) is 3.12. The van der Waals surface area contributed by atoms with E-state index in [1.807, 2.05) is 13.0 Å². The van der Waals surface area contributed by atoms with Crippen LogP contribution in [0.1, 0.15) is 5.56 Å². The first-order valence-electron chi connectivity index (χ1n) is 6.28. The largest absolute Gasteiger partial charge is 0.493 e. The van der Waals surface area contributed by atoms with E-state index in [0.29, 0.717) is 17.2 Å². The Morgan fingerprint density at radius 2 is 1.71 bits per heavy atom. The van der Waals surface area contributed by atoms with E-state index in [1.165, 1.54) is 14.2 Å². The van der Waals surface area contributed by atoms with Gasteiger partial charge in [0.2, 0.25) is 0 Å². The van der Waals surface area contributed by atoms with Gasteiger partial charge in [-0.1, -0.05) is 18.2 Å². The van der Waals surface area contributed by atoms with Gasteiger partial charge in [0.1, 0.15) is 0 Å². The SMILES string of the molecule is COc1cccc(NS(=O)(=O)c2cccc(C)c2)c1OC. The van der Waals surface area contributed by atoms with Crippen LogP contribution in [0.15, 0.2) is 47.4 Å². The van der Waals surface area contributed by atoms with Crippen LogP contribution < -0.4 is 14.2 Å². The van der Waals surface area contributed by atoms with E-state index >= 15 is 0 Å². The first kappa shape index (κ1) is 15.2. The molecule has 0 spiro atoms. The van der Waals surface area contributed by atoms with Crippen molar-refractivity contribution >= 4 is 15.7 Å². The standard InChI is InChI=1S/C15H17NO4S/c1-11-6-4-7-12(10-11)21(17,18)16-13-8-5-9-14(19-2)15(13)20-3/h4-10,16H,1-3H3. The smallest absolute Gasteiger partial charge is 0.262 e. The Balaban J connectivity index is 2.42. The van der Waals surface area contributed by atoms with Gasteiger partial charge in [-0.05, 0) is 36.8 Å². The second-order valence-corrected chi connectivity index (χ2v) is 6.15. The van der Waals surface area contributed by atoms with Crippen LogP contribution in [0.2, 0.25) is 0 Å². The second kappa shape index (κ2) is 6.05. The number of hydrogen-bond donors (Lipinski definition) is 1. The Kier molecular flexibility index (Phi) is 4.37. The Morgan fingerprint density at radius 3 is 2.33 bits per heavy atom. The number of hydrogen-bond acceptors (Lipinski definition) is 4. The maximum absolute atomic E-state index is 12.4. The third-order valence-corrected chi connectivity index (χ3v) is 4.31. The van der Waals surface area contributed by atoms with E-state index in [9.17, 15) is 8.42 Å². The molecule has 0 atom stereocenters. The van der Waals surface area contributed by atoms with Crippen LogP contribution in [-0.2, 0) is 10.0 Å². The zero-order chi connectivity index (χ0) is 15.5. The van der Waals surface area contributed by atoms with Gasteiger partial charge >= 0.3 is 0 Å². The minimum absolute atomic E-state index is 0.201. The summed E-state index contributed by atoms with van der Waals surface area (Å²) in [5.41, 5.74) is 1.20. The Morgan fingerprint density at radius 1 is 1.00 bits per heavy atom. The molecule has 2 aromatic rings. The van der Waals surface area contributed by atoms with Gasteiger partial charge in [0.25, 0.3) is 10.0 Å². The molecule has 5 nitrogen and oxygen atoms in total. The number of benzene rings is 2. The van der Waals surface area contributed by atoms with Crippen molar-refractivity contribution in [1.29, 1.82) is 0 Å². The summed E-state index contributed by atoms with van der Waals surface area (Å²) in [6.07, 6.45) is 0. The van der Waals surface area contributed by atoms with E-state index < -0.39 is 10.0 Å². The highest BCUT2D eigenvalue weighted by molar-refractivity contribution is 7.92. The lowest BCUT2D eigenvalue weighted by Crippen LogP contribution is -2.14. The van der Waals surface area contributed by atoms with Crippen LogP contribution in [0, 0.1) is 6.92 Å². The highest BCUT2D eigenvalue weighted by atomic mass is 32.2. The molecule has 0 unspecified atom stereocenters. The molecule has 0 amide bonds. The molecule has 2 rings (SSSR count). The average molecular weight is 307 g/mol. The molecule has 6 heteroatoms. The van der Waals surface area contributed by atoms with Crippen molar-refractivity contribution in [3.8, 4) is 11.5 Å². The first-order chi connectivity index (χ1) is 9.97. The Hall–Kier alpha value is -2.21. The molecule has 0 aliphatic rings. The maximum Gasteiger partial charge on any atom is 0.262 e. The number of sulfonamides is 1. The van der Waals surface area contributed by atoms with Crippen molar-refractivity contribution in [2.45, 2.75) is 11.8 Å². The molecule has 0 radical (unpaired) electrons. The molecule has 0 saturated heterocycles. The zero-order valence-electron chi connectivity index (χ0n) is 12.1. The molecule has 112 valence electrons. The third kappa shape index (κ3) is 3.28. The van der Waals surface area contributed by atoms with Crippen LogP contribution >= 0.6 is 0 Å². The third-order valence-electron chi connectivity index (χ3n) is 2.95. The molecule has 21 heavy (non-hydrogen) atoms. The van der Waals surface area contributed by atoms with Crippen molar-refractivity contribution in [2.24, 2.45) is 0 Å². The first-order valence-corrected chi connectivity index (χ1v) is 7.76. The lowest BCUT2D eigenvalue weighted by Gasteiger charge is -2.14. The molecule has 0 fully saturated rings. The lowest BCUT2D eigenvalue weighted by molar-refractivity contribution is 0.356. The van der Waals surface area contributed by atoms with Gasteiger partial charge in [0.15, 0.2) is 11.5 Å². The fraction of sp³-hybridized carbons (Fsp3) is 0.200. The van der Waals surface area contributed by atoms with Crippen molar-refractivity contribution in [3.63, 3.8) is 0 Å². The molecular weight excluding hydrogens is 290 g/mol. The number of nitrogens with one attached hydrogen (secondary N) is 1. The number of para-hydroxylation sites is 1. The van der Waals surface area contributed by atoms with Gasteiger partial charge < -0.3 is 9.47 Å². The minimum atomic E-state index is -3.68. The van der Waals surface area contributed by atoms with Gasteiger partial charge in [-0.2, -0.15) is 0 Å². The van der Waals surface area contributed by atoms with Crippen LogP contribution in [-0.4, -0.2) is 22.6 Å². The summed E-state index contributed by atoms with van der Waals surface area (Å²) < 4.78 is 37.7. The van der Waals surface area contributed by atoms with E-state index in [2.05, 4.69) is 4.72 Å². The van der Waals surface area contributed by atoms with Gasteiger partial charge in [-0.3, -0.25) is 4.72 Å². The summed E-state index contributed by atoms with van der Waals surface area (Å²) >= 11 is 0. The summed E-state index contributed by atoms with van der Waals surface area (Å²) in [6.45, 7) is 1.84. The highest BCUT2D eigenvalue weighted by Gasteiger charge is 2.18. The second-order valence-electron chi connectivity index (χ2n) is 4.46. The predicted octanol–water partition coefficient (Wildman–Crippen LogP) is 2.81. The summed E-state index contributed by atoms with van der Waals surface area (Å²) in [6, 6.07) is 11.7. The fourth-order valence-electron chi connectivity index (χ4n) is 1.95. The zero-order valence-corrected chi connectivity index (χ0v) is 12.9. The van der Waals surface area contributed by atoms with Crippen molar-refractivity contribution in [1.82, 2.24) is 0 Å². The number of ether oxygens (including phenoxy) is 2. The normalized spacial score (nSPS) is 11.0. The van der Waals surface area contributed by atoms with Gasteiger partial charge in [-0.25, -0.2) is 8.42 Å². The Labute approximate surface area is 124 Å². The van der Waals surface area contributed by atoms with Crippen LogP contribution in [0.5, 0.6) is 11.5 Å². The maximum atomic E-state index is 12.4. The molecule has 0 aliphatic heterocycles. The van der Waals surface area contributed by atoms with E-state index in [0.717, 1.165) is 5.56 Å². The van der Waals surface area contributed by atoms with Gasteiger partial charge in [0.05, 0.1) is 24.8 Å². The molecule has 2 aromatic carbocycles. The molecule has 0 saturated carbocycles. The van der Waals surface area contributed by atoms with Gasteiger partial charge in [-0.15, -0.1) is 0 Å². The number of anilines is 1. The molecule has 0 heterocycles. The quantitative estimate of drug-likeness (QED) is 0.922. The molecule has 0 aliphatic carbocycles. The molecule has 0 bridgehead atoms. The summed E-state index contributed by atoms with van der Waals surface area (Å²) in [5, 5.41) is 0. The molecule has 1 N–H and O–H groups in total. The average Bonchev–Trinajstić information content (AvgIpc) is 2.46. The predicted molar refractivity (Wildman–Crippen MR) is 81.5 cm³/mol. The van der Waals surface area contributed by atoms with Crippen LogP contribution in [0.25, 0.3) is 0 Å². The van der Waals surface area contributed by atoms with Crippen molar-refractivity contribution in [2.75, 3.05) is 18.9 Å². The van der Waals surface area contributed by atoms with E-state index in [1.54, 1.807) is 36.4 Å². The highest BCUT2D eigenvalue weighted by Crippen LogP contribution is 2.35. The molecule has 0 aromatic heterocycles. The monoisotopic (exact) mass is 307 g/mol. The lowest BCUT2D eigenvalue weighted by atomic mass is 10.2. The topological polar surface area (TPSA) is 64.6 Å². The summed E-state index contributed by atoms with van der Waals surface area (Å²) in [7, 11) is -0.722. The van der Waals surface area contributed by atoms with Crippen molar-refractivity contribution in [3.05, 3.63) is 48.0 Å². The van der Waals surface area contributed by atoms with E-state index in [4.69, 9.17) is 9.47 Å². The number of aryl methyl sites for hydroxylation is 1. The minimum Gasteiger partial charge on any atom is -0.493 e. The van der Waals surface area contributed by atoms with Crippen molar-refractivity contribution < 1.29 is 17.9 Å². The summed E-state index contributed by atoms with van der Waals surface area (Å²) in [5.74, 6) is 0.804. The number of rotatable bonds is 5. The Bertz CT molecular complexity index is 741. The summed E-state index contributed by atoms with van der Waals surface area (Å²) in [4.78, 5) is 0.201. The number of methoxy groups -OCH3 is 2. The van der Waals surface area contributed by atoms with Crippen LogP contribution in [0.4, 0.5) is 5.69 Å². The van der Waals surface area contributed by atoms with E-state index in [-0.39, 0.29) is 4.90 Å². The van der Waals surface area contributed by atoms with Gasteiger partial charge in [0, 0.05) is 0 Å². The molecular formula is C15H17NO4S.